The Morgan fingerprint density at radius 2 is 1.68 bits per heavy atom. The first-order valence-corrected chi connectivity index (χ1v) is 7.73. The predicted molar refractivity (Wildman–Crippen MR) is 85.9 cm³/mol. The van der Waals surface area contributed by atoms with Gasteiger partial charge in [-0.15, -0.1) is 0 Å². The number of nitrogens with zero attached hydrogens (tertiary/aromatic N) is 2. The summed E-state index contributed by atoms with van der Waals surface area (Å²) in [6.45, 7) is 5.47. The van der Waals surface area contributed by atoms with Gasteiger partial charge in [0.2, 0.25) is 0 Å². The first-order valence-electron chi connectivity index (χ1n) is 7.73. The van der Waals surface area contributed by atoms with Gasteiger partial charge in [-0.2, -0.15) is 5.10 Å². The van der Waals surface area contributed by atoms with E-state index >= 15 is 0 Å². The van der Waals surface area contributed by atoms with Crippen molar-refractivity contribution in [1.29, 1.82) is 0 Å². The standard InChI is InChI=1S/C17H28N2/c1-3-5-7-8-12-15-18-19(16-6-4-2)17-13-10-9-11-14-17/h9-11,13-15H,3-8,12,16H2,1-2H3/b18-15+. The van der Waals surface area contributed by atoms with E-state index in [-0.39, 0.29) is 0 Å². The molecule has 19 heavy (non-hydrogen) atoms. The quantitative estimate of drug-likeness (QED) is 0.319. The molecule has 2 nitrogen and oxygen atoms in total. The van der Waals surface area contributed by atoms with Gasteiger partial charge in [0.15, 0.2) is 0 Å². The van der Waals surface area contributed by atoms with Crippen molar-refractivity contribution < 1.29 is 0 Å². The van der Waals surface area contributed by atoms with E-state index in [0.29, 0.717) is 0 Å². The van der Waals surface area contributed by atoms with Gasteiger partial charge in [-0.1, -0.05) is 57.7 Å². The lowest BCUT2D eigenvalue weighted by Gasteiger charge is -2.18. The summed E-state index contributed by atoms with van der Waals surface area (Å²) in [6, 6.07) is 10.5. The van der Waals surface area contributed by atoms with Gasteiger partial charge >= 0.3 is 0 Å². The van der Waals surface area contributed by atoms with Crippen LogP contribution < -0.4 is 5.01 Å². The Bertz CT molecular complexity index is 332. The smallest absolute Gasteiger partial charge is 0.0593 e. The molecule has 0 aromatic heterocycles. The second-order valence-electron chi connectivity index (χ2n) is 4.96. The fraction of sp³-hybridized carbons (Fsp3) is 0.588. The molecule has 0 aliphatic carbocycles. The third-order valence-electron chi connectivity index (χ3n) is 3.19. The van der Waals surface area contributed by atoms with Gasteiger partial charge in [-0.05, 0) is 31.4 Å². The lowest BCUT2D eigenvalue weighted by molar-refractivity contribution is 0.683. The SMILES string of the molecule is CCCCCC/C=N/N(CCCC)c1ccccc1. The average molecular weight is 260 g/mol. The lowest BCUT2D eigenvalue weighted by Crippen LogP contribution is -2.17. The van der Waals surface area contributed by atoms with Crippen LogP contribution in [0.2, 0.25) is 0 Å². The van der Waals surface area contributed by atoms with Crippen LogP contribution in [-0.4, -0.2) is 12.8 Å². The van der Waals surface area contributed by atoms with Crippen molar-refractivity contribution in [3.05, 3.63) is 30.3 Å². The lowest BCUT2D eigenvalue weighted by atomic mass is 10.2. The van der Waals surface area contributed by atoms with Crippen molar-refractivity contribution in [2.45, 2.75) is 58.8 Å². The number of hydrogen-bond donors (Lipinski definition) is 0. The Morgan fingerprint density at radius 3 is 2.37 bits per heavy atom. The summed E-state index contributed by atoms with van der Waals surface area (Å²) < 4.78 is 0. The van der Waals surface area contributed by atoms with Gasteiger partial charge in [0.25, 0.3) is 0 Å². The average Bonchev–Trinajstić information content (AvgIpc) is 2.46. The van der Waals surface area contributed by atoms with Crippen LogP contribution >= 0.6 is 0 Å². The van der Waals surface area contributed by atoms with Crippen molar-refractivity contribution in [3.8, 4) is 0 Å². The van der Waals surface area contributed by atoms with Gasteiger partial charge in [0, 0.05) is 12.8 Å². The molecule has 0 heterocycles. The molecule has 0 spiro atoms. The van der Waals surface area contributed by atoms with Crippen molar-refractivity contribution in [2.75, 3.05) is 11.6 Å². The van der Waals surface area contributed by atoms with Crippen LogP contribution in [0.5, 0.6) is 0 Å². The zero-order valence-electron chi connectivity index (χ0n) is 12.5. The van der Waals surface area contributed by atoms with Crippen LogP contribution in [0.15, 0.2) is 35.4 Å². The normalized spacial score (nSPS) is 11.1. The van der Waals surface area contributed by atoms with Crippen molar-refractivity contribution >= 4 is 11.9 Å². The van der Waals surface area contributed by atoms with Crippen molar-refractivity contribution in [3.63, 3.8) is 0 Å². The van der Waals surface area contributed by atoms with Crippen molar-refractivity contribution in [1.82, 2.24) is 0 Å². The molecule has 0 amide bonds. The van der Waals surface area contributed by atoms with Gasteiger partial charge < -0.3 is 0 Å². The fourth-order valence-corrected chi connectivity index (χ4v) is 1.98. The van der Waals surface area contributed by atoms with E-state index in [2.05, 4.69) is 60.5 Å². The third kappa shape index (κ3) is 7.00. The van der Waals surface area contributed by atoms with Crippen LogP contribution in [0.25, 0.3) is 0 Å². The van der Waals surface area contributed by atoms with E-state index in [0.717, 1.165) is 13.0 Å². The minimum atomic E-state index is 1.01. The molecule has 0 unspecified atom stereocenters. The molecule has 106 valence electrons. The summed E-state index contributed by atoms with van der Waals surface area (Å²) >= 11 is 0. The Kier molecular flexibility index (Phi) is 8.78. The summed E-state index contributed by atoms with van der Waals surface area (Å²) in [5, 5.41) is 6.77. The Morgan fingerprint density at radius 1 is 0.947 bits per heavy atom. The fourth-order valence-electron chi connectivity index (χ4n) is 1.98. The van der Waals surface area contributed by atoms with E-state index in [9.17, 15) is 0 Å². The first kappa shape index (κ1) is 15.7. The molecule has 0 atom stereocenters. The van der Waals surface area contributed by atoms with Crippen LogP contribution in [-0.2, 0) is 0 Å². The van der Waals surface area contributed by atoms with Gasteiger partial charge in [-0.25, -0.2) is 0 Å². The summed E-state index contributed by atoms with van der Waals surface area (Å²) in [7, 11) is 0. The summed E-state index contributed by atoms with van der Waals surface area (Å²) in [6.07, 6.45) is 10.8. The van der Waals surface area contributed by atoms with Crippen LogP contribution in [0.4, 0.5) is 5.69 Å². The maximum atomic E-state index is 4.64. The number of benzene rings is 1. The Hall–Kier alpha value is -1.31. The van der Waals surface area contributed by atoms with Gasteiger partial charge in [0.05, 0.1) is 5.69 Å². The molecule has 0 saturated heterocycles. The molecule has 0 radical (unpaired) electrons. The summed E-state index contributed by atoms with van der Waals surface area (Å²) in [5.74, 6) is 0. The molecule has 1 aromatic rings. The molecule has 0 aliphatic rings. The minimum absolute atomic E-state index is 1.01. The molecule has 0 bridgehead atoms. The minimum Gasteiger partial charge on any atom is -0.266 e. The molecule has 0 saturated carbocycles. The third-order valence-corrected chi connectivity index (χ3v) is 3.19. The van der Waals surface area contributed by atoms with E-state index in [1.165, 1.54) is 44.2 Å². The Balaban J connectivity index is 2.43. The highest BCUT2D eigenvalue weighted by Gasteiger charge is 2.02. The molecule has 0 N–H and O–H groups in total. The van der Waals surface area contributed by atoms with Gasteiger partial charge in [-0.3, -0.25) is 5.01 Å². The predicted octanol–water partition coefficient (Wildman–Crippen LogP) is 5.25. The second kappa shape index (κ2) is 10.6. The highest BCUT2D eigenvalue weighted by molar-refractivity contribution is 5.60. The van der Waals surface area contributed by atoms with Crippen LogP contribution in [0, 0.1) is 0 Å². The summed E-state index contributed by atoms with van der Waals surface area (Å²) in [5.41, 5.74) is 1.20. The molecular formula is C17H28N2. The number of unbranched alkanes of at least 4 members (excludes halogenated alkanes) is 5. The molecular weight excluding hydrogens is 232 g/mol. The highest BCUT2D eigenvalue weighted by Crippen LogP contribution is 2.14. The number of anilines is 1. The largest absolute Gasteiger partial charge is 0.266 e. The molecule has 1 aromatic carbocycles. The van der Waals surface area contributed by atoms with E-state index in [4.69, 9.17) is 0 Å². The Labute approximate surface area is 118 Å². The molecule has 0 fully saturated rings. The monoisotopic (exact) mass is 260 g/mol. The summed E-state index contributed by atoms with van der Waals surface area (Å²) in [4.78, 5) is 0. The number of rotatable bonds is 10. The molecule has 2 heteroatoms. The number of para-hydroxylation sites is 1. The number of hydrazone groups is 1. The van der Waals surface area contributed by atoms with Crippen LogP contribution in [0.3, 0.4) is 0 Å². The van der Waals surface area contributed by atoms with Gasteiger partial charge in [0.1, 0.15) is 0 Å². The van der Waals surface area contributed by atoms with E-state index in [1.54, 1.807) is 0 Å². The van der Waals surface area contributed by atoms with E-state index < -0.39 is 0 Å². The zero-order chi connectivity index (χ0) is 13.8. The van der Waals surface area contributed by atoms with Crippen molar-refractivity contribution in [2.24, 2.45) is 5.10 Å². The van der Waals surface area contributed by atoms with Crippen LogP contribution in [0.1, 0.15) is 58.8 Å². The highest BCUT2D eigenvalue weighted by atomic mass is 15.4. The topological polar surface area (TPSA) is 15.6 Å². The molecule has 0 aliphatic heterocycles. The molecule has 1 rings (SSSR count). The maximum Gasteiger partial charge on any atom is 0.0593 e. The second-order valence-corrected chi connectivity index (χ2v) is 4.96. The zero-order valence-corrected chi connectivity index (χ0v) is 12.5. The number of hydrogen-bond acceptors (Lipinski definition) is 2. The van der Waals surface area contributed by atoms with E-state index in [1.807, 2.05) is 0 Å². The maximum absolute atomic E-state index is 4.64. The first-order chi connectivity index (χ1) is 9.38.